The molecule has 0 radical (unpaired) electrons. The van der Waals surface area contributed by atoms with Crippen LogP contribution in [0.15, 0.2) is 21.3 Å². The summed E-state index contributed by atoms with van der Waals surface area (Å²) in [5.74, 6) is -12.3. The van der Waals surface area contributed by atoms with E-state index in [1.165, 1.54) is 0 Å². The average Bonchev–Trinajstić information content (AvgIpc) is 3.16. The summed E-state index contributed by atoms with van der Waals surface area (Å²) in [6.07, 6.45) is -29.2. The number of aromatic hydroxyl groups is 5. The van der Waals surface area contributed by atoms with Gasteiger partial charge in [-0.05, 0) is 6.07 Å². The molecule has 3 fully saturated rings. The molecule has 25 nitrogen and oxygen atoms in total. The zero-order valence-electron chi connectivity index (χ0n) is 28.5. The summed E-state index contributed by atoms with van der Waals surface area (Å²) in [6, 6.07) is 1.32. The predicted octanol–water partition coefficient (Wildman–Crippen LogP) is -5.40. The maximum Gasteiger partial charge on any atom is 0.335 e. The average molecular weight is 821 g/mol. The smallest absolute Gasteiger partial charge is 0.335 e. The molecule has 3 aliphatic heterocycles. The summed E-state index contributed by atoms with van der Waals surface area (Å²) >= 11 is 0. The standard InChI is InChI=1S/C32H36O25/c33-4-11-13(38)16(41)20(45)31(52-11)55-26-22(47)24-12(15(40)25(26)54-32-21(46)17(42)19(44)27(56-32)28(48)49)14(39)18(43)23(53-24)5-1-6(34)7(35)3-10(5)51-30-9(37)2-8(36)29(50)57-30/h1,3,8-9,11,13,16-17,19-21,27,29-38,40-47,50H,2,4H2,(H,48,49)/t8-,9-,11-,13-,16+,17+,19+,20-,21-,27+,29+,30?,31-,32-/m1/s1. The molecule has 25 heteroatoms. The molecule has 3 aliphatic rings. The Balaban J connectivity index is 1.54. The van der Waals surface area contributed by atoms with Crippen molar-refractivity contribution in [3.63, 3.8) is 0 Å². The summed E-state index contributed by atoms with van der Waals surface area (Å²) in [5.41, 5.74) is -3.44. The normalized spacial score (nSPS) is 34.5. The van der Waals surface area contributed by atoms with Crippen molar-refractivity contribution in [1.29, 1.82) is 0 Å². The molecular weight excluding hydrogens is 784 g/mol. The first kappa shape index (κ1) is 41.6. The minimum Gasteiger partial charge on any atom is -0.504 e. The van der Waals surface area contributed by atoms with Gasteiger partial charge in [-0.1, -0.05) is 0 Å². The van der Waals surface area contributed by atoms with Crippen LogP contribution in [0.4, 0.5) is 0 Å². The van der Waals surface area contributed by atoms with Gasteiger partial charge in [0.25, 0.3) is 0 Å². The number of carboxylic acids is 1. The minimum absolute atomic E-state index is 0.490. The maximum absolute atomic E-state index is 13.8. The van der Waals surface area contributed by atoms with Gasteiger partial charge >= 0.3 is 5.97 Å². The van der Waals surface area contributed by atoms with Crippen LogP contribution in [0.25, 0.3) is 22.3 Å². The van der Waals surface area contributed by atoms with E-state index in [4.69, 9.17) is 32.8 Å². The van der Waals surface area contributed by atoms with Gasteiger partial charge in [0, 0.05) is 12.5 Å². The molecule has 4 heterocycles. The van der Waals surface area contributed by atoms with Gasteiger partial charge in [0.1, 0.15) is 66.1 Å². The zero-order valence-corrected chi connectivity index (χ0v) is 28.5. The van der Waals surface area contributed by atoms with Crippen molar-refractivity contribution in [2.45, 2.75) is 92.6 Å². The summed E-state index contributed by atoms with van der Waals surface area (Å²) in [4.78, 5) is 25.5. The van der Waals surface area contributed by atoms with Crippen molar-refractivity contribution in [3.05, 3.63) is 22.4 Å². The number of aliphatic hydroxyl groups is 10. The molecule has 14 atom stereocenters. The Kier molecular flexibility index (Phi) is 11.5. The molecule has 3 saturated heterocycles. The Bertz CT molecular complexity index is 2050. The number of hydrogen-bond acceptors (Lipinski definition) is 24. The van der Waals surface area contributed by atoms with E-state index >= 15 is 0 Å². The Labute approximate surface area is 315 Å². The van der Waals surface area contributed by atoms with Crippen LogP contribution < -0.4 is 19.6 Å². The van der Waals surface area contributed by atoms with Crippen LogP contribution in [0.1, 0.15) is 6.42 Å². The number of carbonyl (C=O) groups is 1. The van der Waals surface area contributed by atoms with Gasteiger partial charge in [0.2, 0.25) is 47.3 Å². The van der Waals surface area contributed by atoms with E-state index in [1.54, 1.807) is 0 Å². The van der Waals surface area contributed by atoms with Crippen molar-refractivity contribution < 1.29 is 119 Å². The molecule has 1 aromatic heterocycles. The second-order valence-corrected chi connectivity index (χ2v) is 13.1. The third-order valence-electron chi connectivity index (χ3n) is 9.27. The fourth-order valence-corrected chi connectivity index (χ4v) is 6.15. The molecule has 57 heavy (non-hydrogen) atoms. The Morgan fingerprint density at radius 2 is 1.25 bits per heavy atom. The molecule has 1 unspecified atom stereocenters. The van der Waals surface area contributed by atoms with Gasteiger partial charge in [0.15, 0.2) is 41.0 Å². The van der Waals surface area contributed by atoms with Crippen LogP contribution in [0.2, 0.25) is 0 Å². The molecule has 2 aromatic carbocycles. The number of aliphatic hydroxyl groups excluding tert-OH is 10. The molecule has 3 aromatic rings. The quantitative estimate of drug-likeness (QED) is 0.0707. The van der Waals surface area contributed by atoms with E-state index in [9.17, 15) is 91.3 Å². The number of fused-ring (bicyclic) bond motifs is 1. The van der Waals surface area contributed by atoms with Crippen LogP contribution in [-0.4, -0.2) is 180 Å². The lowest BCUT2D eigenvalue weighted by Crippen LogP contribution is -2.61. The van der Waals surface area contributed by atoms with E-state index in [0.29, 0.717) is 12.1 Å². The van der Waals surface area contributed by atoms with Crippen molar-refractivity contribution in [2.75, 3.05) is 6.61 Å². The number of carboxylic acid groups (broad SMARTS) is 1. The summed E-state index contributed by atoms with van der Waals surface area (Å²) in [5, 5.41) is 165. The van der Waals surface area contributed by atoms with Gasteiger partial charge in [-0.25, -0.2) is 4.79 Å². The Morgan fingerprint density at radius 3 is 1.86 bits per heavy atom. The number of ether oxygens (including phenoxy) is 6. The minimum atomic E-state index is -2.40. The lowest BCUT2D eigenvalue weighted by Gasteiger charge is -2.40. The van der Waals surface area contributed by atoms with Crippen LogP contribution >= 0.6 is 0 Å². The Morgan fingerprint density at radius 1 is 0.667 bits per heavy atom. The lowest BCUT2D eigenvalue weighted by molar-refractivity contribution is -0.291. The molecular formula is C32H36O25. The number of hydrogen-bond donors (Lipinski definition) is 16. The van der Waals surface area contributed by atoms with E-state index in [-0.39, 0.29) is 0 Å². The molecule has 6 rings (SSSR count). The highest BCUT2D eigenvalue weighted by molar-refractivity contribution is 5.96. The Hall–Kier alpha value is -5.00. The maximum atomic E-state index is 13.8. The number of phenolic OH excluding ortho intramolecular Hbond substituents is 4. The van der Waals surface area contributed by atoms with E-state index < -0.39 is 179 Å². The second kappa shape index (κ2) is 15.7. The van der Waals surface area contributed by atoms with Gasteiger partial charge in [-0.15, -0.1) is 0 Å². The summed E-state index contributed by atoms with van der Waals surface area (Å²) < 4.78 is 37.4. The van der Waals surface area contributed by atoms with E-state index in [1.807, 2.05) is 0 Å². The molecule has 0 aliphatic carbocycles. The molecule has 314 valence electrons. The number of aliphatic carboxylic acids is 1. The van der Waals surface area contributed by atoms with Crippen molar-refractivity contribution >= 4 is 16.9 Å². The predicted molar refractivity (Wildman–Crippen MR) is 174 cm³/mol. The van der Waals surface area contributed by atoms with E-state index in [0.717, 1.165) is 0 Å². The second-order valence-electron chi connectivity index (χ2n) is 13.1. The van der Waals surface area contributed by atoms with Crippen LogP contribution in [0, 0.1) is 0 Å². The lowest BCUT2D eigenvalue weighted by atomic mass is 9.99. The largest absolute Gasteiger partial charge is 0.504 e. The molecule has 16 N–H and O–H groups in total. The van der Waals surface area contributed by atoms with Gasteiger partial charge in [-0.3, -0.25) is 4.79 Å². The highest BCUT2D eigenvalue weighted by atomic mass is 16.7. The van der Waals surface area contributed by atoms with Gasteiger partial charge in [-0.2, -0.15) is 0 Å². The van der Waals surface area contributed by atoms with Crippen LogP contribution in [0.3, 0.4) is 0 Å². The van der Waals surface area contributed by atoms with Crippen LogP contribution in [0.5, 0.6) is 46.0 Å². The number of phenols is 4. The fourth-order valence-electron chi connectivity index (χ4n) is 6.15. The number of benzene rings is 2. The monoisotopic (exact) mass is 820 g/mol. The molecule has 0 bridgehead atoms. The molecule has 0 amide bonds. The zero-order chi connectivity index (χ0) is 41.9. The van der Waals surface area contributed by atoms with Crippen LogP contribution in [-0.2, 0) is 19.0 Å². The highest BCUT2D eigenvalue weighted by Gasteiger charge is 2.50. The highest BCUT2D eigenvalue weighted by Crippen LogP contribution is 2.53. The van der Waals surface area contributed by atoms with Gasteiger partial charge in [0.05, 0.1) is 12.2 Å². The first-order valence-electron chi connectivity index (χ1n) is 16.5. The third-order valence-corrected chi connectivity index (χ3v) is 9.27. The third kappa shape index (κ3) is 7.36. The fraction of sp³-hybridized carbons (Fsp3) is 0.500. The van der Waals surface area contributed by atoms with Crippen molar-refractivity contribution in [1.82, 2.24) is 0 Å². The van der Waals surface area contributed by atoms with E-state index in [2.05, 4.69) is 0 Å². The summed E-state index contributed by atoms with van der Waals surface area (Å²) in [6.45, 7) is -0.994. The first-order valence-corrected chi connectivity index (χ1v) is 16.5. The first-order chi connectivity index (χ1) is 26.8. The SMILES string of the molecule is O=C(O)[C@H]1O[C@@H](Oc2c(O[C@H]3O[C@H](CO)[C@@H](O)[C@H](O)[C@H]3O)c(O)c3oc(-c4cc(O)c(O)cc4OC4O[C@H](O)[C@H](O)C[C@H]4O)c(O)c(=O)c3c2O)[C@H](O)[C@@H](O)[C@@H]1O. The summed E-state index contributed by atoms with van der Waals surface area (Å²) in [7, 11) is 0. The van der Waals surface area contributed by atoms with Gasteiger partial charge < -0.3 is 115 Å². The van der Waals surface area contributed by atoms with Crippen molar-refractivity contribution in [2.24, 2.45) is 0 Å². The molecule has 0 spiro atoms. The number of rotatable bonds is 9. The van der Waals surface area contributed by atoms with Crippen molar-refractivity contribution in [3.8, 4) is 57.3 Å². The topological polar surface area (TPSA) is 426 Å². The molecule has 0 saturated carbocycles.